The van der Waals surface area contributed by atoms with Crippen molar-refractivity contribution in [3.8, 4) is 0 Å². The van der Waals surface area contributed by atoms with Crippen molar-refractivity contribution in [2.45, 2.75) is 16.4 Å². The molecule has 0 spiro atoms. The van der Waals surface area contributed by atoms with Crippen LogP contribution in [0.25, 0.3) is 0 Å². The summed E-state index contributed by atoms with van der Waals surface area (Å²) < 4.78 is 60.1. The summed E-state index contributed by atoms with van der Waals surface area (Å²) in [5.74, 6) is 0. The van der Waals surface area contributed by atoms with Gasteiger partial charge in [0, 0.05) is 0 Å². The molecule has 0 radical (unpaired) electrons. The molecule has 0 saturated carbocycles. The van der Waals surface area contributed by atoms with Crippen molar-refractivity contribution in [3.05, 3.63) is 35.9 Å². The number of sulfonamides is 1. The van der Waals surface area contributed by atoms with Gasteiger partial charge in [-0.05, 0) is 5.56 Å². The number of rotatable bonds is 4. The maximum Gasteiger partial charge on any atom is 0.511 e. The maximum absolute atomic E-state index is 12.2. The van der Waals surface area contributed by atoms with Crippen LogP contribution in [-0.2, 0) is 10.0 Å². The summed E-state index contributed by atoms with van der Waals surface area (Å²) in [5, 5.41) is 0. The second-order valence-corrected chi connectivity index (χ2v) is 6.16. The highest BCUT2D eigenvalue weighted by Gasteiger charge is 2.47. The maximum atomic E-state index is 12.2. The quantitative estimate of drug-likeness (QED) is 0.866. The van der Waals surface area contributed by atoms with Crippen LogP contribution >= 0.6 is 23.2 Å². The van der Waals surface area contributed by atoms with Crippen LogP contribution in [0.4, 0.5) is 13.2 Å². The van der Waals surface area contributed by atoms with Crippen LogP contribution in [0.5, 0.6) is 0 Å². The first-order valence-electron chi connectivity index (χ1n) is 4.57. The lowest BCUT2D eigenvalue weighted by atomic mass is 10.1. The monoisotopic (exact) mass is 321 g/mol. The van der Waals surface area contributed by atoms with Crippen molar-refractivity contribution >= 4 is 33.2 Å². The zero-order chi connectivity index (χ0) is 14.0. The molecule has 0 aliphatic rings. The Labute approximate surface area is 112 Å². The van der Waals surface area contributed by atoms with Crippen molar-refractivity contribution in [3.63, 3.8) is 0 Å². The first-order chi connectivity index (χ1) is 8.15. The van der Waals surface area contributed by atoms with E-state index in [0.717, 1.165) is 0 Å². The van der Waals surface area contributed by atoms with Crippen molar-refractivity contribution in [1.82, 2.24) is 4.72 Å². The van der Waals surface area contributed by atoms with Gasteiger partial charge in [-0.2, -0.15) is 17.9 Å². The molecule has 0 fully saturated rings. The Morgan fingerprint density at radius 2 is 1.61 bits per heavy atom. The van der Waals surface area contributed by atoms with Crippen LogP contribution in [0.1, 0.15) is 11.6 Å². The van der Waals surface area contributed by atoms with Gasteiger partial charge in [-0.15, -0.1) is 23.2 Å². The molecule has 1 aromatic carbocycles. The Morgan fingerprint density at radius 3 is 2.00 bits per heavy atom. The van der Waals surface area contributed by atoms with Gasteiger partial charge in [0.25, 0.3) is 0 Å². The number of hydrogen-bond donors (Lipinski definition) is 1. The highest BCUT2D eigenvalue weighted by Crippen LogP contribution is 2.29. The second-order valence-electron chi connectivity index (χ2n) is 3.29. The predicted molar refractivity (Wildman–Crippen MR) is 62.8 cm³/mol. The zero-order valence-corrected chi connectivity index (χ0v) is 11.0. The first kappa shape index (κ1) is 15.6. The first-order valence-corrected chi connectivity index (χ1v) is 6.92. The summed E-state index contributed by atoms with van der Waals surface area (Å²) in [4.78, 5) is -1.36. The summed E-state index contributed by atoms with van der Waals surface area (Å²) in [6, 6.07) is 6.14. The minimum Gasteiger partial charge on any atom is -0.203 e. The third-order valence-electron chi connectivity index (χ3n) is 2.00. The molecule has 0 aromatic heterocycles. The molecular weight excluding hydrogens is 314 g/mol. The van der Waals surface area contributed by atoms with Gasteiger partial charge >= 0.3 is 15.5 Å². The van der Waals surface area contributed by atoms with E-state index in [1.165, 1.54) is 29.0 Å². The van der Waals surface area contributed by atoms with E-state index in [9.17, 15) is 21.6 Å². The van der Waals surface area contributed by atoms with Gasteiger partial charge in [-0.1, -0.05) is 30.3 Å². The molecule has 9 heteroatoms. The molecule has 0 aliphatic heterocycles. The molecule has 1 N–H and O–H groups in total. The standard InChI is InChI=1S/C9H8Cl2F3NO2S/c10-8(11)7(6-4-2-1-3-5-6)15-18(16,17)9(12,13)14/h1-5,7-8,15H/t7-/m0/s1. The summed E-state index contributed by atoms with van der Waals surface area (Å²) in [7, 11) is -5.51. The average Bonchev–Trinajstić information content (AvgIpc) is 2.25. The topological polar surface area (TPSA) is 46.2 Å². The molecule has 0 bridgehead atoms. The van der Waals surface area contributed by atoms with Gasteiger partial charge in [0.15, 0.2) is 0 Å². The predicted octanol–water partition coefficient (Wildman–Crippen LogP) is 2.97. The second kappa shape index (κ2) is 5.64. The molecule has 0 unspecified atom stereocenters. The molecular formula is C9H8Cl2F3NO2S. The fourth-order valence-electron chi connectivity index (χ4n) is 1.16. The van der Waals surface area contributed by atoms with Crippen molar-refractivity contribution in [1.29, 1.82) is 0 Å². The Balaban J connectivity index is 3.04. The summed E-state index contributed by atoms with van der Waals surface area (Å²) in [5.41, 5.74) is -5.18. The number of alkyl halides is 5. The van der Waals surface area contributed by atoms with Crippen molar-refractivity contribution in [2.24, 2.45) is 0 Å². The van der Waals surface area contributed by atoms with Crippen LogP contribution in [0, 0.1) is 0 Å². The summed E-state index contributed by atoms with van der Waals surface area (Å²) >= 11 is 11.0. The SMILES string of the molecule is O=S(=O)(N[C@@H](c1ccccc1)C(Cl)Cl)C(F)(F)F. The Bertz CT molecular complexity index is 490. The molecule has 0 heterocycles. The number of hydrogen-bond acceptors (Lipinski definition) is 2. The normalized spacial score (nSPS) is 14.8. The van der Waals surface area contributed by atoms with Gasteiger partial charge in [0.1, 0.15) is 4.84 Å². The van der Waals surface area contributed by atoms with Crippen molar-refractivity contribution in [2.75, 3.05) is 0 Å². The lowest BCUT2D eigenvalue weighted by molar-refractivity contribution is -0.0450. The molecule has 0 amide bonds. The minimum absolute atomic E-state index is 0.236. The van der Waals surface area contributed by atoms with E-state index >= 15 is 0 Å². The van der Waals surface area contributed by atoms with E-state index in [2.05, 4.69) is 0 Å². The lowest BCUT2D eigenvalue weighted by Gasteiger charge is -2.20. The number of halogens is 5. The zero-order valence-electron chi connectivity index (χ0n) is 8.66. The Morgan fingerprint density at radius 1 is 1.11 bits per heavy atom. The van der Waals surface area contributed by atoms with E-state index in [0.29, 0.717) is 0 Å². The molecule has 18 heavy (non-hydrogen) atoms. The lowest BCUT2D eigenvalue weighted by Crippen LogP contribution is -2.40. The number of nitrogens with one attached hydrogen (secondary N) is 1. The van der Waals surface area contributed by atoms with Gasteiger partial charge in [-0.25, -0.2) is 8.42 Å². The smallest absolute Gasteiger partial charge is 0.203 e. The van der Waals surface area contributed by atoms with Gasteiger partial charge in [0.05, 0.1) is 6.04 Å². The van der Waals surface area contributed by atoms with E-state index in [1.807, 2.05) is 0 Å². The summed E-state index contributed by atoms with van der Waals surface area (Å²) in [6.07, 6.45) is 0. The highest BCUT2D eigenvalue weighted by atomic mass is 35.5. The fraction of sp³-hybridized carbons (Fsp3) is 0.333. The van der Waals surface area contributed by atoms with Gasteiger partial charge in [0.2, 0.25) is 0 Å². The molecule has 1 aromatic rings. The molecule has 1 atom stereocenters. The largest absolute Gasteiger partial charge is 0.511 e. The third-order valence-corrected chi connectivity index (χ3v) is 3.68. The molecule has 0 aliphatic carbocycles. The van der Waals surface area contributed by atoms with Crippen LogP contribution < -0.4 is 4.72 Å². The van der Waals surface area contributed by atoms with Crippen LogP contribution in [0.3, 0.4) is 0 Å². The van der Waals surface area contributed by atoms with Crippen molar-refractivity contribution < 1.29 is 21.6 Å². The van der Waals surface area contributed by atoms with Gasteiger partial charge in [-0.3, -0.25) is 0 Å². The molecule has 0 saturated heterocycles. The minimum atomic E-state index is -5.51. The molecule has 102 valence electrons. The fourth-order valence-corrected chi connectivity index (χ4v) is 2.47. The van der Waals surface area contributed by atoms with Crippen LogP contribution in [0.15, 0.2) is 30.3 Å². The number of benzene rings is 1. The average molecular weight is 322 g/mol. The molecule has 3 nitrogen and oxygen atoms in total. The van der Waals surface area contributed by atoms with E-state index in [4.69, 9.17) is 23.2 Å². The van der Waals surface area contributed by atoms with Gasteiger partial charge < -0.3 is 0 Å². The Kier molecular flexibility index (Phi) is 4.88. The third kappa shape index (κ3) is 3.74. The summed E-state index contributed by atoms with van der Waals surface area (Å²) in [6.45, 7) is 0. The van der Waals surface area contributed by atoms with Crippen LogP contribution in [-0.4, -0.2) is 18.8 Å². The van der Waals surface area contributed by atoms with E-state index in [1.54, 1.807) is 6.07 Å². The van der Waals surface area contributed by atoms with E-state index in [-0.39, 0.29) is 5.56 Å². The Hall–Kier alpha value is -0.500. The molecule has 1 rings (SSSR count). The van der Waals surface area contributed by atoms with Crippen LogP contribution in [0.2, 0.25) is 0 Å². The highest BCUT2D eigenvalue weighted by molar-refractivity contribution is 7.90. The van der Waals surface area contributed by atoms with E-state index < -0.39 is 26.4 Å².